The second-order valence-electron chi connectivity index (χ2n) is 4.73. The molecule has 0 heteroatoms. The Bertz CT molecular complexity index is 655. The molecule has 0 heterocycles. The lowest BCUT2D eigenvalue weighted by Gasteiger charge is -2.06. The minimum Gasteiger partial charge on any atom is -0.0985 e. The van der Waals surface area contributed by atoms with Crippen LogP contribution in [-0.2, 0) is 0 Å². The average molecular weight is 244 g/mol. The minimum absolute atomic E-state index is 0.974. The van der Waals surface area contributed by atoms with Gasteiger partial charge in [0, 0.05) is 0 Å². The van der Waals surface area contributed by atoms with Gasteiger partial charge in [-0.2, -0.15) is 0 Å². The lowest BCUT2D eigenvalue weighted by Crippen LogP contribution is -1.84. The molecule has 0 atom stereocenters. The summed E-state index contributed by atoms with van der Waals surface area (Å²) in [6, 6.07) is 17.1. The standard InChI is InChI=1S/C19H16/c1-2-15-10-12-17(13-11-15)19-9-5-8-16-6-3-4-7-18(16)14-19/h2-8,10-14H,1,9H2. The van der Waals surface area contributed by atoms with Gasteiger partial charge in [-0.15, -0.1) is 0 Å². The molecule has 0 spiro atoms. The molecule has 0 unspecified atom stereocenters. The third-order valence-electron chi connectivity index (χ3n) is 3.48. The molecule has 0 aromatic heterocycles. The molecular weight excluding hydrogens is 228 g/mol. The van der Waals surface area contributed by atoms with Crippen molar-refractivity contribution in [1.29, 1.82) is 0 Å². The van der Waals surface area contributed by atoms with Crippen molar-refractivity contribution in [2.24, 2.45) is 0 Å². The Morgan fingerprint density at radius 3 is 2.37 bits per heavy atom. The highest BCUT2D eigenvalue weighted by Crippen LogP contribution is 2.27. The van der Waals surface area contributed by atoms with Gasteiger partial charge in [0.1, 0.15) is 0 Å². The van der Waals surface area contributed by atoms with E-state index in [-0.39, 0.29) is 0 Å². The van der Waals surface area contributed by atoms with Gasteiger partial charge in [-0.05, 0) is 34.2 Å². The molecule has 0 fully saturated rings. The molecule has 0 amide bonds. The van der Waals surface area contributed by atoms with Crippen LogP contribution in [0.15, 0.2) is 61.2 Å². The highest BCUT2D eigenvalue weighted by Gasteiger charge is 2.05. The summed E-state index contributed by atoms with van der Waals surface area (Å²) in [5.74, 6) is 0. The number of hydrogen-bond acceptors (Lipinski definition) is 0. The fourth-order valence-electron chi connectivity index (χ4n) is 2.39. The molecule has 1 aliphatic rings. The average Bonchev–Trinajstić information content (AvgIpc) is 2.69. The van der Waals surface area contributed by atoms with Crippen LogP contribution in [0.5, 0.6) is 0 Å². The Kier molecular flexibility index (Phi) is 3.16. The molecular formula is C19H16. The lowest BCUT2D eigenvalue weighted by molar-refractivity contribution is 1.42. The number of hydrogen-bond donors (Lipinski definition) is 0. The van der Waals surface area contributed by atoms with Crippen LogP contribution in [0.1, 0.15) is 28.7 Å². The van der Waals surface area contributed by atoms with Gasteiger partial charge in [0.2, 0.25) is 0 Å². The number of allylic oxidation sites excluding steroid dienone is 2. The van der Waals surface area contributed by atoms with Crippen LogP contribution in [0, 0.1) is 0 Å². The minimum atomic E-state index is 0.974. The molecule has 1 aliphatic carbocycles. The second kappa shape index (κ2) is 5.11. The molecule has 0 bridgehead atoms. The van der Waals surface area contributed by atoms with Crippen molar-refractivity contribution in [1.82, 2.24) is 0 Å². The molecule has 2 aromatic carbocycles. The first-order valence-electron chi connectivity index (χ1n) is 6.56. The molecule has 3 rings (SSSR count). The summed E-state index contributed by atoms with van der Waals surface area (Å²) in [5.41, 5.74) is 6.39. The van der Waals surface area contributed by atoms with Crippen molar-refractivity contribution in [3.63, 3.8) is 0 Å². The second-order valence-corrected chi connectivity index (χ2v) is 4.73. The lowest BCUT2D eigenvalue weighted by atomic mass is 9.99. The van der Waals surface area contributed by atoms with Gasteiger partial charge in [-0.25, -0.2) is 0 Å². The van der Waals surface area contributed by atoms with Crippen molar-refractivity contribution >= 4 is 23.8 Å². The maximum Gasteiger partial charge on any atom is -0.00880 e. The van der Waals surface area contributed by atoms with Gasteiger partial charge >= 0.3 is 0 Å². The molecule has 0 saturated carbocycles. The maximum atomic E-state index is 3.79. The Hall–Kier alpha value is -2.34. The zero-order chi connectivity index (χ0) is 13.1. The summed E-state index contributed by atoms with van der Waals surface area (Å²) in [6.07, 6.45) is 9.58. The zero-order valence-electron chi connectivity index (χ0n) is 10.8. The van der Waals surface area contributed by atoms with E-state index in [1.165, 1.54) is 22.3 Å². The third-order valence-corrected chi connectivity index (χ3v) is 3.48. The third kappa shape index (κ3) is 2.43. The molecule has 92 valence electrons. The highest BCUT2D eigenvalue weighted by molar-refractivity contribution is 5.87. The monoisotopic (exact) mass is 244 g/mol. The topological polar surface area (TPSA) is 0 Å². The Balaban J connectivity index is 2.03. The van der Waals surface area contributed by atoms with Crippen LogP contribution in [0.3, 0.4) is 0 Å². The van der Waals surface area contributed by atoms with Gasteiger partial charge in [0.15, 0.2) is 0 Å². The van der Waals surface area contributed by atoms with Crippen LogP contribution in [0.4, 0.5) is 0 Å². The summed E-state index contributed by atoms with van der Waals surface area (Å²) in [4.78, 5) is 0. The van der Waals surface area contributed by atoms with Crippen LogP contribution in [0.25, 0.3) is 23.8 Å². The predicted octanol–water partition coefficient (Wildman–Crippen LogP) is 5.29. The van der Waals surface area contributed by atoms with Crippen molar-refractivity contribution in [3.8, 4) is 0 Å². The first kappa shape index (κ1) is 11.7. The summed E-state index contributed by atoms with van der Waals surface area (Å²) in [6.45, 7) is 3.79. The van der Waals surface area contributed by atoms with E-state index in [9.17, 15) is 0 Å². The molecule has 0 aliphatic heterocycles. The van der Waals surface area contributed by atoms with Crippen molar-refractivity contribution < 1.29 is 0 Å². The Morgan fingerprint density at radius 2 is 1.63 bits per heavy atom. The molecule has 2 aromatic rings. The van der Waals surface area contributed by atoms with E-state index >= 15 is 0 Å². The number of fused-ring (bicyclic) bond motifs is 1. The van der Waals surface area contributed by atoms with Gasteiger partial charge in [-0.1, -0.05) is 79.4 Å². The van der Waals surface area contributed by atoms with Gasteiger partial charge < -0.3 is 0 Å². The fourth-order valence-corrected chi connectivity index (χ4v) is 2.39. The first-order chi connectivity index (χ1) is 9.36. The predicted molar refractivity (Wildman–Crippen MR) is 84.5 cm³/mol. The Morgan fingerprint density at radius 1 is 0.895 bits per heavy atom. The van der Waals surface area contributed by atoms with E-state index in [0.29, 0.717) is 0 Å². The van der Waals surface area contributed by atoms with Crippen molar-refractivity contribution in [2.45, 2.75) is 6.42 Å². The highest BCUT2D eigenvalue weighted by atomic mass is 14.1. The molecule has 0 N–H and O–H groups in total. The smallest absolute Gasteiger partial charge is 0.00880 e. The largest absolute Gasteiger partial charge is 0.0985 e. The Labute approximate surface area is 114 Å². The maximum absolute atomic E-state index is 3.79. The van der Waals surface area contributed by atoms with Crippen molar-refractivity contribution in [2.75, 3.05) is 0 Å². The van der Waals surface area contributed by atoms with Gasteiger partial charge in [0.25, 0.3) is 0 Å². The van der Waals surface area contributed by atoms with Crippen LogP contribution < -0.4 is 0 Å². The summed E-state index contributed by atoms with van der Waals surface area (Å²) in [7, 11) is 0. The molecule has 0 saturated heterocycles. The molecule has 0 nitrogen and oxygen atoms in total. The summed E-state index contributed by atoms with van der Waals surface area (Å²) < 4.78 is 0. The van der Waals surface area contributed by atoms with E-state index in [1.54, 1.807) is 0 Å². The number of benzene rings is 2. The van der Waals surface area contributed by atoms with Crippen LogP contribution >= 0.6 is 0 Å². The van der Waals surface area contributed by atoms with Crippen LogP contribution in [0.2, 0.25) is 0 Å². The number of rotatable bonds is 2. The van der Waals surface area contributed by atoms with E-state index in [4.69, 9.17) is 0 Å². The normalized spacial score (nSPS) is 13.4. The van der Waals surface area contributed by atoms with E-state index in [2.05, 4.69) is 73.3 Å². The van der Waals surface area contributed by atoms with Crippen LogP contribution in [-0.4, -0.2) is 0 Å². The summed E-state index contributed by atoms with van der Waals surface area (Å²) in [5, 5.41) is 0. The fraction of sp³-hybridized carbons (Fsp3) is 0.0526. The van der Waals surface area contributed by atoms with E-state index < -0.39 is 0 Å². The quantitative estimate of drug-likeness (QED) is 0.673. The molecule has 19 heavy (non-hydrogen) atoms. The van der Waals surface area contributed by atoms with E-state index in [1.807, 2.05) is 6.08 Å². The zero-order valence-corrected chi connectivity index (χ0v) is 10.8. The SMILES string of the molecule is C=Cc1ccc(C2=Cc3ccccc3C=CC2)cc1. The van der Waals surface area contributed by atoms with E-state index in [0.717, 1.165) is 12.0 Å². The van der Waals surface area contributed by atoms with Gasteiger partial charge in [0.05, 0.1) is 0 Å². The van der Waals surface area contributed by atoms with Gasteiger partial charge in [-0.3, -0.25) is 0 Å². The molecule has 0 radical (unpaired) electrons. The van der Waals surface area contributed by atoms with Crippen molar-refractivity contribution in [3.05, 3.63) is 83.4 Å². The summed E-state index contributed by atoms with van der Waals surface area (Å²) >= 11 is 0. The first-order valence-corrected chi connectivity index (χ1v) is 6.56.